The number of rotatable bonds is 2. The zero-order valence-electron chi connectivity index (χ0n) is 8.63. The van der Waals surface area contributed by atoms with Gasteiger partial charge in [0, 0.05) is 18.3 Å². The second-order valence-electron chi connectivity index (χ2n) is 4.26. The Hall–Kier alpha value is -0.350. The minimum Gasteiger partial charge on any atom is -0.328 e. The summed E-state index contributed by atoms with van der Waals surface area (Å²) >= 11 is 3.53. The maximum Gasteiger partial charge on any atom is 0.0738 e. The first-order valence-corrected chi connectivity index (χ1v) is 5.82. The molecule has 0 aliphatic heterocycles. The van der Waals surface area contributed by atoms with E-state index in [1.54, 1.807) is 0 Å². The van der Waals surface area contributed by atoms with Gasteiger partial charge in [0.25, 0.3) is 0 Å². The minimum absolute atomic E-state index is 0.431. The van der Waals surface area contributed by atoms with Crippen LogP contribution in [0.15, 0.2) is 4.47 Å². The molecule has 1 aliphatic carbocycles. The zero-order chi connectivity index (χ0) is 10.3. The molecule has 1 fully saturated rings. The fourth-order valence-electron chi connectivity index (χ4n) is 2.03. The van der Waals surface area contributed by atoms with Gasteiger partial charge in [-0.2, -0.15) is 5.10 Å². The summed E-state index contributed by atoms with van der Waals surface area (Å²) < 4.78 is 3.23. The molecule has 1 aliphatic rings. The summed E-state index contributed by atoms with van der Waals surface area (Å²) in [6.45, 7) is 5.15. The second kappa shape index (κ2) is 3.66. The quantitative estimate of drug-likeness (QED) is 0.881. The van der Waals surface area contributed by atoms with Gasteiger partial charge in [-0.3, -0.25) is 4.68 Å². The monoisotopic (exact) mass is 257 g/mol. The maximum absolute atomic E-state index is 5.76. The Balaban J connectivity index is 2.06. The molecule has 1 aromatic rings. The third-order valence-electron chi connectivity index (χ3n) is 3.00. The van der Waals surface area contributed by atoms with E-state index in [0.717, 1.165) is 35.5 Å². The number of nitrogens with zero attached hydrogens (tertiary/aromatic N) is 2. The molecule has 4 heteroatoms. The fraction of sp³-hybridized carbons (Fsp3) is 0.700. The Kier molecular flexibility index (Phi) is 2.66. The molecular weight excluding hydrogens is 242 g/mol. The number of hydrogen-bond acceptors (Lipinski definition) is 2. The molecule has 0 amide bonds. The van der Waals surface area contributed by atoms with Gasteiger partial charge in [-0.05, 0) is 48.5 Å². The van der Waals surface area contributed by atoms with Crippen molar-refractivity contribution in [2.75, 3.05) is 0 Å². The number of aryl methyl sites for hydroxylation is 1. The lowest BCUT2D eigenvalue weighted by Gasteiger charge is -2.32. The van der Waals surface area contributed by atoms with Crippen molar-refractivity contribution in [2.24, 2.45) is 11.7 Å². The molecule has 1 aromatic heterocycles. The Morgan fingerprint density at radius 3 is 2.57 bits per heavy atom. The molecule has 0 unspecified atom stereocenters. The Morgan fingerprint density at radius 1 is 1.50 bits per heavy atom. The molecule has 1 heterocycles. The Bertz CT molecular complexity index is 339. The first kappa shape index (κ1) is 10.2. The molecule has 0 saturated heterocycles. The van der Waals surface area contributed by atoms with Crippen molar-refractivity contribution in [3.63, 3.8) is 0 Å². The molecule has 14 heavy (non-hydrogen) atoms. The van der Waals surface area contributed by atoms with Gasteiger partial charge in [0.2, 0.25) is 0 Å². The van der Waals surface area contributed by atoms with Crippen molar-refractivity contribution in [3.8, 4) is 0 Å². The Morgan fingerprint density at radius 2 is 2.14 bits per heavy atom. The maximum atomic E-state index is 5.76. The molecule has 2 N–H and O–H groups in total. The highest BCUT2D eigenvalue weighted by atomic mass is 79.9. The van der Waals surface area contributed by atoms with E-state index in [2.05, 4.69) is 32.6 Å². The number of hydrogen-bond donors (Lipinski definition) is 1. The lowest BCUT2D eigenvalue weighted by molar-refractivity contribution is 0.225. The van der Waals surface area contributed by atoms with Crippen molar-refractivity contribution < 1.29 is 0 Å². The molecule has 2 rings (SSSR count). The van der Waals surface area contributed by atoms with E-state index in [1.807, 2.05) is 6.92 Å². The van der Waals surface area contributed by atoms with Crippen LogP contribution in [-0.4, -0.2) is 15.8 Å². The highest BCUT2D eigenvalue weighted by Crippen LogP contribution is 2.29. The standard InChI is InChI=1S/C10H16BrN3/c1-6-10(11)7(2)14(13-6)5-8-3-9(12)4-8/h8-9H,3-5,12H2,1-2H3. The van der Waals surface area contributed by atoms with Crippen LogP contribution in [0, 0.1) is 19.8 Å². The summed E-state index contributed by atoms with van der Waals surface area (Å²) in [4.78, 5) is 0. The van der Waals surface area contributed by atoms with Crippen LogP contribution in [0.5, 0.6) is 0 Å². The first-order valence-electron chi connectivity index (χ1n) is 5.03. The topological polar surface area (TPSA) is 43.8 Å². The van der Waals surface area contributed by atoms with E-state index in [4.69, 9.17) is 5.73 Å². The average Bonchev–Trinajstić information content (AvgIpc) is 2.31. The third-order valence-corrected chi connectivity index (χ3v) is 4.14. The highest BCUT2D eigenvalue weighted by molar-refractivity contribution is 9.10. The molecule has 0 radical (unpaired) electrons. The van der Waals surface area contributed by atoms with Gasteiger partial charge in [0.05, 0.1) is 10.2 Å². The molecule has 0 aromatic carbocycles. The Labute approximate surface area is 92.8 Å². The smallest absolute Gasteiger partial charge is 0.0738 e. The van der Waals surface area contributed by atoms with Crippen molar-refractivity contribution in [1.82, 2.24) is 9.78 Å². The van der Waals surface area contributed by atoms with E-state index in [1.165, 1.54) is 5.69 Å². The summed E-state index contributed by atoms with van der Waals surface area (Å²) in [5.41, 5.74) is 8.06. The molecule has 0 spiro atoms. The predicted molar refractivity (Wildman–Crippen MR) is 60.1 cm³/mol. The second-order valence-corrected chi connectivity index (χ2v) is 5.06. The lowest BCUT2D eigenvalue weighted by Crippen LogP contribution is -2.38. The largest absolute Gasteiger partial charge is 0.328 e. The van der Waals surface area contributed by atoms with Crippen LogP contribution in [0.25, 0.3) is 0 Å². The van der Waals surface area contributed by atoms with Crippen molar-refractivity contribution >= 4 is 15.9 Å². The molecular formula is C10H16BrN3. The van der Waals surface area contributed by atoms with E-state index in [9.17, 15) is 0 Å². The van der Waals surface area contributed by atoms with Crippen LogP contribution in [-0.2, 0) is 6.54 Å². The zero-order valence-corrected chi connectivity index (χ0v) is 10.2. The number of halogens is 1. The molecule has 0 bridgehead atoms. The van der Waals surface area contributed by atoms with Crippen LogP contribution in [0.4, 0.5) is 0 Å². The van der Waals surface area contributed by atoms with E-state index in [0.29, 0.717) is 6.04 Å². The van der Waals surface area contributed by atoms with Crippen molar-refractivity contribution in [1.29, 1.82) is 0 Å². The summed E-state index contributed by atoms with van der Waals surface area (Å²) in [6, 6.07) is 0.431. The highest BCUT2D eigenvalue weighted by Gasteiger charge is 2.27. The van der Waals surface area contributed by atoms with Gasteiger partial charge in [0.15, 0.2) is 0 Å². The van der Waals surface area contributed by atoms with Gasteiger partial charge in [-0.25, -0.2) is 0 Å². The summed E-state index contributed by atoms with van der Waals surface area (Å²) in [6.07, 6.45) is 2.30. The summed E-state index contributed by atoms with van der Waals surface area (Å²) in [7, 11) is 0. The number of aromatic nitrogens is 2. The molecule has 0 atom stereocenters. The van der Waals surface area contributed by atoms with E-state index < -0.39 is 0 Å². The first-order chi connectivity index (χ1) is 6.58. The normalized spacial score (nSPS) is 26.3. The predicted octanol–water partition coefficient (Wildman–Crippen LogP) is 2.00. The van der Waals surface area contributed by atoms with Crippen molar-refractivity contribution in [2.45, 2.75) is 39.3 Å². The average molecular weight is 258 g/mol. The molecule has 1 saturated carbocycles. The minimum atomic E-state index is 0.431. The summed E-state index contributed by atoms with van der Waals surface area (Å²) in [5, 5.41) is 4.49. The third kappa shape index (κ3) is 1.73. The van der Waals surface area contributed by atoms with Crippen LogP contribution in [0.1, 0.15) is 24.2 Å². The van der Waals surface area contributed by atoms with Crippen LogP contribution < -0.4 is 5.73 Å². The fourth-order valence-corrected chi connectivity index (χ4v) is 2.32. The van der Waals surface area contributed by atoms with E-state index in [-0.39, 0.29) is 0 Å². The van der Waals surface area contributed by atoms with E-state index >= 15 is 0 Å². The van der Waals surface area contributed by atoms with Gasteiger partial charge < -0.3 is 5.73 Å². The lowest BCUT2D eigenvalue weighted by atomic mass is 9.81. The number of nitrogens with two attached hydrogens (primary N) is 1. The van der Waals surface area contributed by atoms with Crippen LogP contribution in [0.3, 0.4) is 0 Å². The van der Waals surface area contributed by atoms with Crippen LogP contribution in [0.2, 0.25) is 0 Å². The molecule has 3 nitrogen and oxygen atoms in total. The summed E-state index contributed by atoms with van der Waals surface area (Å²) in [5.74, 6) is 0.731. The SMILES string of the molecule is Cc1nn(CC2CC(N)C2)c(C)c1Br. The van der Waals surface area contributed by atoms with Gasteiger partial charge >= 0.3 is 0 Å². The van der Waals surface area contributed by atoms with Crippen LogP contribution >= 0.6 is 15.9 Å². The molecule has 78 valence electrons. The van der Waals surface area contributed by atoms with Gasteiger partial charge in [-0.1, -0.05) is 0 Å². The van der Waals surface area contributed by atoms with Gasteiger partial charge in [0.1, 0.15) is 0 Å². The van der Waals surface area contributed by atoms with Crippen molar-refractivity contribution in [3.05, 3.63) is 15.9 Å². The van der Waals surface area contributed by atoms with Gasteiger partial charge in [-0.15, -0.1) is 0 Å².